The third-order valence-electron chi connectivity index (χ3n) is 5.34. The van der Waals surface area contributed by atoms with E-state index in [-0.39, 0.29) is 18.4 Å². The lowest BCUT2D eigenvalue weighted by atomic mass is 9.88. The maximum Gasteiger partial charge on any atom is 0.246 e. The lowest BCUT2D eigenvalue weighted by Crippen LogP contribution is -2.25. The number of carbonyl (C=O) groups excluding carboxylic acids is 1. The molecule has 0 saturated carbocycles. The molecular weight excluding hydrogens is 418 g/mol. The highest BCUT2D eigenvalue weighted by molar-refractivity contribution is 5.77. The molecule has 0 fully saturated rings. The van der Waals surface area contributed by atoms with Crippen LogP contribution in [0.15, 0.2) is 83.4 Å². The van der Waals surface area contributed by atoms with Crippen LogP contribution in [0, 0.1) is 0 Å². The van der Waals surface area contributed by atoms with Crippen molar-refractivity contribution in [2.45, 2.75) is 18.9 Å². The molecule has 0 saturated heterocycles. The highest BCUT2D eigenvalue weighted by Gasteiger charge is 2.19. The molecule has 0 radical (unpaired) electrons. The standard InChI is InChI=1S/C26H25N3O4/c1-31-22-14-13-20(15-23(22)32-2)26-28-25(33-29-26)17-27-24(30)16-21(18-9-5-3-6-10-18)19-11-7-4-8-12-19/h3-15,21H,16-17H2,1-2H3,(H,27,30). The Bertz CT molecular complexity index is 1150. The van der Waals surface area contributed by atoms with Gasteiger partial charge in [-0.25, -0.2) is 0 Å². The summed E-state index contributed by atoms with van der Waals surface area (Å²) >= 11 is 0. The molecule has 0 spiro atoms. The van der Waals surface area contributed by atoms with E-state index in [2.05, 4.69) is 15.5 Å². The molecule has 0 bridgehead atoms. The fraction of sp³-hybridized carbons (Fsp3) is 0.192. The van der Waals surface area contributed by atoms with Crippen LogP contribution in [0.5, 0.6) is 11.5 Å². The lowest BCUT2D eigenvalue weighted by Gasteiger charge is -2.17. The first kappa shape index (κ1) is 22.1. The van der Waals surface area contributed by atoms with E-state index in [4.69, 9.17) is 14.0 Å². The van der Waals surface area contributed by atoms with Crippen LogP contribution in [-0.4, -0.2) is 30.3 Å². The minimum absolute atomic E-state index is 0.0441. The van der Waals surface area contributed by atoms with Crippen LogP contribution in [0.2, 0.25) is 0 Å². The molecule has 1 heterocycles. The summed E-state index contributed by atoms with van der Waals surface area (Å²) < 4.78 is 15.9. The Kier molecular flexibility index (Phi) is 6.99. The Morgan fingerprint density at radius 3 is 2.15 bits per heavy atom. The van der Waals surface area contributed by atoms with Gasteiger partial charge in [-0.2, -0.15) is 4.98 Å². The zero-order valence-electron chi connectivity index (χ0n) is 18.5. The van der Waals surface area contributed by atoms with Gasteiger partial charge < -0.3 is 19.3 Å². The molecule has 4 rings (SSSR count). The topological polar surface area (TPSA) is 86.5 Å². The van der Waals surface area contributed by atoms with Gasteiger partial charge in [0, 0.05) is 17.9 Å². The average Bonchev–Trinajstić information content (AvgIpc) is 3.36. The minimum atomic E-state index is -0.0985. The lowest BCUT2D eigenvalue weighted by molar-refractivity contribution is -0.121. The second kappa shape index (κ2) is 10.5. The quantitative estimate of drug-likeness (QED) is 0.407. The maximum atomic E-state index is 12.8. The zero-order valence-corrected chi connectivity index (χ0v) is 18.5. The van der Waals surface area contributed by atoms with Crippen LogP contribution in [0.1, 0.15) is 29.4 Å². The maximum absolute atomic E-state index is 12.8. The van der Waals surface area contributed by atoms with E-state index < -0.39 is 0 Å². The van der Waals surface area contributed by atoms with Crippen molar-refractivity contribution < 1.29 is 18.8 Å². The third-order valence-corrected chi connectivity index (χ3v) is 5.34. The van der Waals surface area contributed by atoms with E-state index in [1.807, 2.05) is 66.7 Å². The van der Waals surface area contributed by atoms with Crippen LogP contribution >= 0.6 is 0 Å². The van der Waals surface area contributed by atoms with Gasteiger partial charge in [-0.3, -0.25) is 4.79 Å². The molecule has 1 amide bonds. The van der Waals surface area contributed by atoms with Crippen molar-refractivity contribution >= 4 is 5.91 Å². The Balaban J connectivity index is 1.42. The van der Waals surface area contributed by atoms with Crippen molar-refractivity contribution in [2.75, 3.05) is 14.2 Å². The smallest absolute Gasteiger partial charge is 0.246 e. The molecule has 0 unspecified atom stereocenters. The van der Waals surface area contributed by atoms with Gasteiger partial charge >= 0.3 is 0 Å². The van der Waals surface area contributed by atoms with Gasteiger partial charge in [0.2, 0.25) is 17.6 Å². The average molecular weight is 444 g/mol. The zero-order chi connectivity index (χ0) is 23.0. The normalized spacial score (nSPS) is 10.8. The highest BCUT2D eigenvalue weighted by Crippen LogP contribution is 2.31. The molecule has 7 heteroatoms. The van der Waals surface area contributed by atoms with Gasteiger partial charge in [0.05, 0.1) is 20.8 Å². The monoisotopic (exact) mass is 443 g/mol. The van der Waals surface area contributed by atoms with Crippen molar-refractivity contribution in [1.82, 2.24) is 15.5 Å². The summed E-state index contributed by atoms with van der Waals surface area (Å²) in [6, 6.07) is 25.4. The summed E-state index contributed by atoms with van der Waals surface area (Å²) in [5, 5.41) is 6.91. The molecule has 4 aromatic rings. The first-order valence-electron chi connectivity index (χ1n) is 10.6. The molecule has 1 aromatic heterocycles. The summed E-state index contributed by atoms with van der Waals surface area (Å²) in [5.74, 6) is 1.78. The SMILES string of the molecule is COc1ccc(-c2noc(CNC(=O)CC(c3ccccc3)c3ccccc3)n2)cc1OC. The highest BCUT2D eigenvalue weighted by atomic mass is 16.5. The van der Waals surface area contributed by atoms with Gasteiger partial charge in [0.1, 0.15) is 0 Å². The number of amides is 1. The first-order chi connectivity index (χ1) is 16.2. The molecule has 7 nitrogen and oxygen atoms in total. The number of nitrogens with zero attached hydrogens (tertiary/aromatic N) is 2. The predicted octanol–water partition coefficient (Wildman–Crippen LogP) is 4.59. The molecule has 0 aliphatic carbocycles. The Labute approximate surface area is 192 Å². The summed E-state index contributed by atoms with van der Waals surface area (Å²) in [4.78, 5) is 17.2. The van der Waals surface area contributed by atoms with Crippen molar-refractivity contribution in [2.24, 2.45) is 0 Å². The number of benzene rings is 3. The van der Waals surface area contributed by atoms with E-state index in [0.29, 0.717) is 29.6 Å². The molecule has 0 aliphatic heterocycles. The molecule has 0 aliphatic rings. The van der Waals surface area contributed by atoms with E-state index in [0.717, 1.165) is 16.7 Å². The van der Waals surface area contributed by atoms with E-state index in [9.17, 15) is 4.79 Å². The van der Waals surface area contributed by atoms with Gasteiger partial charge in [0.15, 0.2) is 11.5 Å². The van der Waals surface area contributed by atoms with Gasteiger partial charge in [-0.15, -0.1) is 0 Å². The van der Waals surface area contributed by atoms with Crippen molar-refractivity contribution in [3.8, 4) is 22.9 Å². The number of nitrogens with one attached hydrogen (secondary N) is 1. The summed E-state index contributed by atoms with van der Waals surface area (Å²) in [7, 11) is 3.14. The van der Waals surface area contributed by atoms with E-state index in [1.54, 1.807) is 26.4 Å². The third kappa shape index (κ3) is 5.38. The first-order valence-corrected chi connectivity index (χ1v) is 10.6. The van der Waals surface area contributed by atoms with Crippen molar-refractivity contribution in [1.29, 1.82) is 0 Å². The number of methoxy groups -OCH3 is 2. The molecular formula is C26H25N3O4. The van der Waals surface area contributed by atoms with E-state index in [1.165, 1.54) is 0 Å². The number of rotatable bonds is 9. The fourth-order valence-electron chi connectivity index (χ4n) is 3.65. The molecule has 3 aromatic carbocycles. The largest absolute Gasteiger partial charge is 0.493 e. The number of carbonyl (C=O) groups is 1. The number of ether oxygens (including phenoxy) is 2. The second-order valence-electron chi connectivity index (χ2n) is 7.44. The van der Waals surface area contributed by atoms with Crippen molar-refractivity contribution in [3.05, 3.63) is 95.9 Å². The van der Waals surface area contributed by atoms with Gasteiger partial charge in [-0.05, 0) is 29.3 Å². The Morgan fingerprint density at radius 1 is 0.909 bits per heavy atom. The Morgan fingerprint density at radius 2 is 1.55 bits per heavy atom. The minimum Gasteiger partial charge on any atom is -0.493 e. The fourth-order valence-corrected chi connectivity index (χ4v) is 3.65. The molecule has 0 atom stereocenters. The van der Waals surface area contributed by atoms with Gasteiger partial charge in [-0.1, -0.05) is 65.8 Å². The van der Waals surface area contributed by atoms with E-state index >= 15 is 0 Å². The summed E-state index contributed by atoms with van der Waals surface area (Å²) in [5.41, 5.74) is 2.90. The molecule has 1 N–H and O–H groups in total. The van der Waals surface area contributed by atoms with Crippen LogP contribution in [-0.2, 0) is 11.3 Å². The Hall–Kier alpha value is -4.13. The predicted molar refractivity (Wildman–Crippen MR) is 124 cm³/mol. The second-order valence-corrected chi connectivity index (χ2v) is 7.44. The van der Waals surface area contributed by atoms with Crippen LogP contribution < -0.4 is 14.8 Å². The summed E-state index contributed by atoms with van der Waals surface area (Å²) in [6.07, 6.45) is 0.310. The molecule has 33 heavy (non-hydrogen) atoms. The number of hydrogen-bond acceptors (Lipinski definition) is 6. The molecule has 168 valence electrons. The number of hydrogen-bond donors (Lipinski definition) is 1. The van der Waals surface area contributed by atoms with Crippen LogP contribution in [0.4, 0.5) is 0 Å². The van der Waals surface area contributed by atoms with Gasteiger partial charge in [0.25, 0.3) is 0 Å². The summed E-state index contributed by atoms with van der Waals surface area (Å²) in [6.45, 7) is 0.148. The van der Waals surface area contributed by atoms with Crippen LogP contribution in [0.25, 0.3) is 11.4 Å². The van der Waals surface area contributed by atoms with Crippen LogP contribution in [0.3, 0.4) is 0 Å². The van der Waals surface area contributed by atoms with Crippen molar-refractivity contribution in [3.63, 3.8) is 0 Å². The number of aromatic nitrogens is 2.